The molecule has 1 atom stereocenters. The molecule has 1 aromatic carbocycles. The number of carbonyl (C=O) groups is 1. The Morgan fingerprint density at radius 1 is 1.24 bits per heavy atom. The number of hydrogen-bond donors (Lipinski definition) is 0. The van der Waals surface area contributed by atoms with Gasteiger partial charge in [-0.15, -0.1) is 0 Å². The normalized spacial score (nSPS) is 18.0. The lowest BCUT2D eigenvalue weighted by Gasteiger charge is -2.17. The van der Waals surface area contributed by atoms with Crippen LogP contribution in [0.3, 0.4) is 0 Å². The first-order valence-corrected chi connectivity index (χ1v) is 7.28. The lowest BCUT2D eigenvalue weighted by atomic mass is 10.2. The summed E-state index contributed by atoms with van der Waals surface area (Å²) in [6.45, 7) is 3.38. The Kier molecular flexibility index (Phi) is 3.69. The van der Waals surface area contributed by atoms with E-state index >= 15 is 0 Å². The molecule has 0 saturated carbocycles. The third kappa shape index (κ3) is 2.79. The first-order chi connectivity index (χ1) is 10.1. The van der Waals surface area contributed by atoms with Crippen molar-refractivity contribution < 1.29 is 9.53 Å². The van der Waals surface area contributed by atoms with E-state index in [2.05, 4.69) is 0 Å². The number of aromatic nitrogens is 1. The van der Waals surface area contributed by atoms with Crippen molar-refractivity contribution in [2.45, 2.75) is 19.4 Å². The topological polar surface area (TPSA) is 34.5 Å². The van der Waals surface area contributed by atoms with Crippen LogP contribution in [0.25, 0.3) is 0 Å². The van der Waals surface area contributed by atoms with Gasteiger partial charge in [-0.2, -0.15) is 0 Å². The zero-order chi connectivity index (χ0) is 14.8. The van der Waals surface area contributed by atoms with Crippen LogP contribution in [0.1, 0.15) is 22.5 Å². The molecule has 0 spiro atoms. The van der Waals surface area contributed by atoms with Gasteiger partial charge >= 0.3 is 0 Å². The van der Waals surface area contributed by atoms with Gasteiger partial charge in [-0.3, -0.25) is 4.79 Å². The van der Waals surface area contributed by atoms with Crippen molar-refractivity contribution in [3.63, 3.8) is 0 Å². The summed E-state index contributed by atoms with van der Waals surface area (Å²) in [7, 11) is 1.96. The Balaban J connectivity index is 1.64. The fraction of sp³-hybridized carbons (Fsp3) is 0.353. The number of rotatable bonds is 3. The molecule has 2 aromatic rings. The van der Waals surface area contributed by atoms with Crippen molar-refractivity contribution in [1.29, 1.82) is 0 Å². The molecule has 0 unspecified atom stereocenters. The van der Waals surface area contributed by atoms with Gasteiger partial charge in [-0.25, -0.2) is 0 Å². The van der Waals surface area contributed by atoms with Gasteiger partial charge in [0.1, 0.15) is 11.9 Å². The molecule has 4 nitrogen and oxygen atoms in total. The molecule has 1 saturated heterocycles. The minimum Gasteiger partial charge on any atom is -0.489 e. The number of carbonyl (C=O) groups excluding carboxylic acids is 1. The van der Waals surface area contributed by atoms with Crippen LogP contribution in [0.2, 0.25) is 0 Å². The summed E-state index contributed by atoms with van der Waals surface area (Å²) >= 11 is 0. The van der Waals surface area contributed by atoms with Crippen molar-refractivity contribution in [3.05, 3.63) is 53.9 Å². The molecule has 2 heterocycles. The highest BCUT2D eigenvalue weighted by molar-refractivity contribution is 5.95. The monoisotopic (exact) mass is 284 g/mol. The molecule has 21 heavy (non-hydrogen) atoms. The summed E-state index contributed by atoms with van der Waals surface area (Å²) in [6.07, 6.45) is 2.89. The van der Waals surface area contributed by atoms with Crippen molar-refractivity contribution in [2.24, 2.45) is 7.05 Å². The molecule has 0 aliphatic carbocycles. The molecule has 1 amide bonds. The van der Waals surface area contributed by atoms with Gasteiger partial charge in [0, 0.05) is 31.9 Å². The van der Waals surface area contributed by atoms with Gasteiger partial charge in [-0.05, 0) is 25.1 Å². The summed E-state index contributed by atoms with van der Waals surface area (Å²) in [5, 5.41) is 0. The van der Waals surface area contributed by atoms with E-state index in [1.807, 2.05) is 66.0 Å². The molecule has 1 aromatic heterocycles. The van der Waals surface area contributed by atoms with Gasteiger partial charge in [0.2, 0.25) is 0 Å². The number of aryl methyl sites for hydroxylation is 1. The van der Waals surface area contributed by atoms with Crippen molar-refractivity contribution in [2.75, 3.05) is 13.1 Å². The lowest BCUT2D eigenvalue weighted by Crippen LogP contribution is -2.31. The van der Waals surface area contributed by atoms with E-state index in [1.165, 1.54) is 0 Å². The number of likely N-dealkylation sites (tertiary alicyclic amines) is 1. The third-order valence-electron chi connectivity index (χ3n) is 4.09. The fourth-order valence-electron chi connectivity index (χ4n) is 2.71. The van der Waals surface area contributed by atoms with Crippen LogP contribution >= 0.6 is 0 Å². The van der Waals surface area contributed by atoms with Crippen LogP contribution < -0.4 is 4.74 Å². The Labute approximate surface area is 124 Å². The Morgan fingerprint density at radius 3 is 2.67 bits per heavy atom. The second-order valence-electron chi connectivity index (χ2n) is 5.52. The molecule has 1 aliphatic rings. The summed E-state index contributed by atoms with van der Waals surface area (Å²) in [5.41, 5.74) is 1.80. The first-order valence-electron chi connectivity index (χ1n) is 7.28. The molecule has 110 valence electrons. The maximum Gasteiger partial charge on any atom is 0.255 e. The summed E-state index contributed by atoms with van der Waals surface area (Å²) < 4.78 is 7.90. The smallest absolute Gasteiger partial charge is 0.255 e. The van der Waals surface area contributed by atoms with Gasteiger partial charge < -0.3 is 14.2 Å². The summed E-state index contributed by atoms with van der Waals surface area (Å²) in [5.74, 6) is 0.972. The third-order valence-corrected chi connectivity index (χ3v) is 4.09. The second kappa shape index (κ2) is 5.64. The number of ether oxygens (including phenoxy) is 1. The van der Waals surface area contributed by atoms with E-state index in [-0.39, 0.29) is 12.0 Å². The van der Waals surface area contributed by atoms with E-state index in [9.17, 15) is 4.79 Å². The zero-order valence-corrected chi connectivity index (χ0v) is 12.5. The average molecular weight is 284 g/mol. The molecular weight excluding hydrogens is 264 g/mol. The van der Waals surface area contributed by atoms with Gasteiger partial charge in [0.25, 0.3) is 5.91 Å². The second-order valence-corrected chi connectivity index (χ2v) is 5.52. The molecule has 1 fully saturated rings. The average Bonchev–Trinajstić information content (AvgIpc) is 3.08. The largest absolute Gasteiger partial charge is 0.489 e. The lowest BCUT2D eigenvalue weighted by molar-refractivity contribution is 0.0771. The number of para-hydroxylation sites is 1. The highest BCUT2D eigenvalue weighted by atomic mass is 16.5. The first kappa shape index (κ1) is 13.7. The summed E-state index contributed by atoms with van der Waals surface area (Å²) in [6, 6.07) is 11.7. The number of benzene rings is 1. The number of amides is 1. The van der Waals surface area contributed by atoms with Crippen LogP contribution in [0.4, 0.5) is 0 Å². The highest BCUT2D eigenvalue weighted by Crippen LogP contribution is 2.20. The van der Waals surface area contributed by atoms with Crippen molar-refractivity contribution in [3.8, 4) is 5.75 Å². The van der Waals surface area contributed by atoms with Crippen molar-refractivity contribution in [1.82, 2.24) is 9.47 Å². The highest BCUT2D eigenvalue weighted by Gasteiger charge is 2.29. The fourth-order valence-corrected chi connectivity index (χ4v) is 2.71. The van der Waals surface area contributed by atoms with E-state index in [0.29, 0.717) is 6.54 Å². The molecular formula is C17H20N2O2. The number of hydrogen-bond acceptors (Lipinski definition) is 2. The van der Waals surface area contributed by atoms with E-state index in [4.69, 9.17) is 4.74 Å². The molecule has 0 radical (unpaired) electrons. The Bertz CT molecular complexity index is 633. The summed E-state index contributed by atoms with van der Waals surface area (Å²) in [4.78, 5) is 14.4. The van der Waals surface area contributed by atoms with Crippen LogP contribution in [-0.4, -0.2) is 34.6 Å². The zero-order valence-electron chi connectivity index (χ0n) is 12.5. The molecule has 0 bridgehead atoms. The molecule has 1 aliphatic heterocycles. The van der Waals surface area contributed by atoms with E-state index in [0.717, 1.165) is 30.0 Å². The van der Waals surface area contributed by atoms with Crippen molar-refractivity contribution >= 4 is 5.91 Å². The van der Waals surface area contributed by atoms with Crippen LogP contribution in [0.5, 0.6) is 5.75 Å². The Hall–Kier alpha value is -2.23. The van der Waals surface area contributed by atoms with Crippen LogP contribution in [0, 0.1) is 6.92 Å². The minimum absolute atomic E-state index is 0.0837. The SMILES string of the molecule is Cc1c(C(=O)N2CC[C@@H](Oc3ccccc3)C2)ccn1C. The van der Waals surface area contributed by atoms with Gasteiger partial charge in [0.15, 0.2) is 0 Å². The maximum absolute atomic E-state index is 12.5. The van der Waals surface area contributed by atoms with Crippen LogP contribution in [0.15, 0.2) is 42.6 Å². The molecule has 0 N–H and O–H groups in total. The predicted molar refractivity (Wildman–Crippen MR) is 81.5 cm³/mol. The van der Waals surface area contributed by atoms with Crippen LogP contribution in [-0.2, 0) is 7.05 Å². The van der Waals surface area contributed by atoms with Gasteiger partial charge in [-0.1, -0.05) is 18.2 Å². The quantitative estimate of drug-likeness (QED) is 0.868. The Morgan fingerprint density at radius 2 is 2.00 bits per heavy atom. The number of nitrogens with zero attached hydrogens (tertiary/aromatic N) is 2. The van der Waals surface area contributed by atoms with Gasteiger partial charge in [0.05, 0.1) is 12.1 Å². The van der Waals surface area contributed by atoms with E-state index in [1.54, 1.807) is 0 Å². The predicted octanol–water partition coefficient (Wildman–Crippen LogP) is 2.63. The molecule has 3 rings (SSSR count). The standard InChI is InChI=1S/C17H20N2O2/c1-13-16(9-10-18(13)2)17(20)19-11-8-15(12-19)21-14-6-4-3-5-7-14/h3-7,9-10,15H,8,11-12H2,1-2H3/t15-/m1/s1. The molecule has 4 heteroatoms. The van der Waals surface area contributed by atoms with E-state index < -0.39 is 0 Å². The maximum atomic E-state index is 12.5. The minimum atomic E-state index is 0.0837.